The quantitative estimate of drug-likeness (QED) is 0.288. The molecule has 0 aliphatic carbocycles. The van der Waals surface area contributed by atoms with Crippen molar-refractivity contribution in [2.24, 2.45) is 0 Å². The van der Waals surface area contributed by atoms with E-state index in [-0.39, 0.29) is 0 Å². The minimum atomic E-state index is 0.949. The number of nitrogens with zero attached hydrogens (tertiary/aromatic N) is 1. The minimum Gasteiger partial charge on any atom is -0.455 e. The molecule has 0 N–H and O–H groups in total. The van der Waals surface area contributed by atoms with Crippen molar-refractivity contribution in [3.05, 3.63) is 78.4 Å². The average Bonchev–Trinajstić information content (AvgIpc) is 3.33. The molecule has 0 saturated carbocycles. The summed E-state index contributed by atoms with van der Waals surface area (Å²) in [6, 6.07) is 26.1. The summed E-state index contributed by atoms with van der Waals surface area (Å²) < 4.78 is 8.75. The lowest BCUT2D eigenvalue weighted by Gasteiger charge is -1.99. The highest BCUT2D eigenvalue weighted by atomic mass is 16.3. The summed E-state index contributed by atoms with van der Waals surface area (Å²) in [4.78, 5) is 0. The largest absolute Gasteiger partial charge is 0.455 e. The lowest BCUT2D eigenvalue weighted by Crippen LogP contribution is -1.81. The van der Waals surface area contributed by atoms with Gasteiger partial charge in [0.25, 0.3) is 0 Å². The Bertz CT molecular complexity index is 1680. The maximum atomic E-state index is 6.34. The van der Waals surface area contributed by atoms with Crippen LogP contribution >= 0.6 is 0 Å². The van der Waals surface area contributed by atoms with E-state index < -0.39 is 0 Å². The van der Waals surface area contributed by atoms with Gasteiger partial charge in [-0.15, -0.1) is 0 Å². The van der Waals surface area contributed by atoms with E-state index in [1.807, 2.05) is 6.07 Å². The predicted octanol–water partition coefficient (Wildman–Crippen LogP) is 7.04. The van der Waals surface area contributed by atoms with Gasteiger partial charge in [-0.3, -0.25) is 0 Å². The van der Waals surface area contributed by atoms with Crippen molar-refractivity contribution >= 4 is 60.0 Å². The van der Waals surface area contributed by atoms with E-state index in [0.29, 0.717) is 0 Å². The Balaban J connectivity index is 1.85. The Morgan fingerprint density at radius 3 is 2.44 bits per heavy atom. The molecule has 2 nitrogen and oxygen atoms in total. The fourth-order valence-electron chi connectivity index (χ4n) is 4.86. The van der Waals surface area contributed by atoms with Crippen LogP contribution in [0.15, 0.2) is 77.2 Å². The maximum Gasteiger partial charge on any atom is 0.145 e. The summed E-state index contributed by atoms with van der Waals surface area (Å²) >= 11 is 0. The first-order chi connectivity index (χ1) is 13.3. The second kappa shape index (κ2) is 4.41. The number of para-hydroxylation sites is 2. The van der Waals surface area contributed by atoms with Crippen LogP contribution in [0.5, 0.6) is 0 Å². The van der Waals surface area contributed by atoms with Crippen LogP contribution in [0, 0.1) is 6.92 Å². The molecule has 0 atom stereocenters. The number of fused-ring (bicyclic) bond motifs is 10. The van der Waals surface area contributed by atoms with Crippen LogP contribution in [0.25, 0.3) is 60.0 Å². The second-order valence-electron chi connectivity index (χ2n) is 7.49. The van der Waals surface area contributed by atoms with Crippen LogP contribution in [0.3, 0.4) is 0 Å². The molecule has 0 aliphatic heterocycles. The van der Waals surface area contributed by atoms with Gasteiger partial charge in [-0.2, -0.15) is 0 Å². The van der Waals surface area contributed by atoms with E-state index >= 15 is 0 Å². The van der Waals surface area contributed by atoms with E-state index in [1.54, 1.807) is 0 Å². The molecule has 2 heteroatoms. The Labute approximate surface area is 154 Å². The monoisotopic (exact) mass is 345 g/mol. The molecular weight excluding hydrogens is 330 g/mol. The van der Waals surface area contributed by atoms with Gasteiger partial charge in [0.2, 0.25) is 0 Å². The minimum absolute atomic E-state index is 0.949. The predicted molar refractivity (Wildman–Crippen MR) is 113 cm³/mol. The molecule has 0 spiro atoms. The van der Waals surface area contributed by atoms with Crippen LogP contribution in [0.1, 0.15) is 5.56 Å². The lowest BCUT2D eigenvalue weighted by molar-refractivity contribution is 0.673. The molecule has 27 heavy (non-hydrogen) atoms. The summed E-state index contributed by atoms with van der Waals surface area (Å²) in [5.74, 6) is 0. The molecule has 0 amide bonds. The van der Waals surface area contributed by atoms with Crippen molar-refractivity contribution in [2.75, 3.05) is 0 Å². The van der Waals surface area contributed by atoms with E-state index in [0.717, 1.165) is 11.2 Å². The molecule has 0 bridgehead atoms. The van der Waals surface area contributed by atoms with Gasteiger partial charge in [-0.05, 0) is 37.3 Å². The summed E-state index contributed by atoms with van der Waals surface area (Å²) in [6.07, 6.45) is 0. The van der Waals surface area contributed by atoms with Crippen molar-refractivity contribution < 1.29 is 4.42 Å². The van der Waals surface area contributed by atoms with Gasteiger partial charge in [0.15, 0.2) is 0 Å². The zero-order valence-corrected chi connectivity index (χ0v) is 14.8. The molecule has 7 rings (SSSR count). The molecular formula is C25H15NO. The first-order valence-corrected chi connectivity index (χ1v) is 9.30. The Morgan fingerprint density at radius 2 is 1.48 bits per heavy atom. The third-order valence-electron chi connectivity index (χ3n) is 5.98. The van der Waals surface area contributed by atoms with Gasteiger partial charge < -0.3 is 8.82 Å². The van der Waals surface area contributed by atoms with Crippen molar-refractivity contribution in [3.63, 3.8) is 0 Å². The highest BCUT2D eigenvalue weighted by Crippen LogP contribution is 2.43. The molecule has 0 fully saturated rings. The number of hydrogen-bond donors (Lipinski definition) is 0. The molecule has 0 aliphatic rings. The second-order valence-corrected chi connectivity index (χ2v) is 7.49. The van der Waals surface area contributed by atoms with Crippen molar-refractivity contribution in [1.29, 1.82) is 0 Å². The van der Waals surface area contributed by atoms with Crippen molar-refractivity contribution in [1.82, 2.24) is 4.40 Å². The molecule has 0 radical (unpaired) electrons. The Kier molecular flexibility index (Phi) is 2.23. The van der Waals surface area contributed by atoms with Crippen LogP contribution in [-0.2, 0) is 0 Å². The van der Waals surface area contributed by atoms with Crippen LogP contribution in [0.2, 0.25) is 0 Å². The van der Waals surface area contributed by atoms with Crippen LogP contribution < -0.4 is 0 Å². The molecule has 3 aromatic heterocycles. The number of hydrogen-bond acceptors (Lipinski definition) is 1. The first kappa shape index (κ1) is 13.7. The highest BCUT2D eigenvalue weighted by Gasteiger charge is 2.20. The Morgan fingerprint density at radius 1 is 0.667 bits per heavy atom. The number of aryl methyl sites for hydroxylation is 1. The fourth-order valence-corrected chi connectivity index (χ4v) is 4.86. The van der Waals surface area contributed by atoms with Crippen LogP contribution in [0.4, 0.5) is 0 Å². The molecule has 3 heterocycles. The van der Waals surface area contributed by atoms with Gasteiger partial charge in [0.1, 0.15) is 11.2 Å². The smallest absolute Gasteiger partial charge is 0.145 e. The summed E-state index contributed by atoms with van der Waals surface area (Å²) in [6.45, 7) is 2.16. The zero-order valence-electron chi connectivity index (χ0n) is 14.8. The average molecular weight is 345 g/mol. The number of rotatable bonds is 0. The fraction of sp³-hybridized carbons (Fsp3) is 0.0400. The van der Waals surface area contributed by atoms with E-state index in [2.05, 4.69) is 78.1 Å². The van der Waals surface area contributed by atoms with Crippen molar-refractivity contribution in [2.45, 2.75) is 6.92 Å². The van der Waals surface area contributed by atoms with Gasteiger partial charge in [-0.25, -0.2) is 0 Å². The SMILES string of the molecule is Cc1ccc2c(c1)c1cccc3c4c5oc6ccccc6c5ccc4n2c13. The molecule has 0 unspecified atom stereocenters. The summed E-state index contributed by atoms with van der Waals surface area (Å²) in [5.41, 5.74) is 7.00. The summed E-state index contributed by atoms with van der Waals surface area (Å²) in [7, 11) is 0. The van der Waals surface area contributed by atoms with E-state index in [9.17, 15) is 0 Å². The molecule has 126 valence electrons. The van der Waals surface area contributed by atoms with E-state index in [4.69, 9.17) is 4.42 Å². The normalized spacial score (nSPS) is 12.6. The van der Waals surface area contributed by atoms with Crippen LogP contribution in [-0.4, -0.2) is 4.40 Å². The summed E-state index contributed by atoms with van der Waals surface area (Å²) in [5, 5.41) is 7.48. The third-order valence-corrected chi connectivity index (χ3v) is 5.98. The van der Waals surface area contributed by atoms with Gasteiger partial charge >= 0.3 is 0 Å². The van der Waals surface area contributed by atoms with Gasteiger partial charge in [0, 0.05) is 26.9 Å². The molecule has 4 aromatic carbocycles. The third kappa shape index (κ3) is 1.49. The standard InChI is InChI=1S/C25H15NO/c1-14-9-11-20-19(13-14)16-6-4-7-18-23-21(26(20)24(16)18)12-10-17-15-5-2-3-8-22(15)27-25(17)23/h2-13H,1H3. The number of benzene rings is 4. The zero-order chi connectivity index (χ0) is 17.7. The molecule has 0 saturated heterocycles. The first-order valence-electron chi connectivity index (χ1n) is 9.30. The number of aromatic nitrogens is 1. The number of furan rings is 1. The Hall–Kier alpha value is -3.52. The topological polar surface area (TPSA) is 17.6 Å². The highest BCUT2D eigenvalue weighted by molar-refractivity contribution is 6.29. The lowest BCUT2D eigenvalue weighted by atomic mass is 10.0. The van der Waals surface area contributed by atoms with Gasteiger partial charge in [-0.1, -0.05) is 48.0 Å². The maximum absolute atomic E-state index is 6.34. The van der Waals surface area contributed by atoms with Gasteiger partial charge in [0.05, 0.1) is 21.9 Å². The van der Waals surface area contributed by atoms with Crippen molar-refractivity contribution in [3.8, 4) is 0 Å². The molecule has 7 aromatic rings. The van der Waals surface area contributed by atoms with E-state index in [1.165, 1.54) is 54.4 Å².